The summed E-state index contributed by atoms with van der Waals surface area (Å²) in [6.45, 7) is 5.00. The third-order valence-corrected chi connectivity index (χ3v) is 5.02. The lowest BCUT2D eigenvalue weighted by atomic mass is 9.92. The molecule has 0 radical (unpaired) electrons. The van der Waals surface area contributed by atoms with Crippen molar-refractivity contribution in [1.29, 1.82) is 0 Å². The van der Waals surface area contributed by atoms with E-state index in [2.05, 4.69) is 13.8 Å². The predicted molar refractivity (Wildman–Crippen MR) is 73.3 cm³/mol. The van der Waals surface area contributed by atoms with Gasteiger partial charge in [0.1, 0.15) is 0 Å². The van der Waals surface area contributed by atoms with Crippen LogP contribution in [0.3, 0.4) is 0 Å². The second kappa shape index (κ2) is 4.07. The summed E-state index contributed by atoms with van der Waals surface area (Å²) in [6.07, 6.45) is 1.77. The Labute approximate surface area is 114 Å². The van der Waals surface area contributed by atoms with Crippen LogP contribution in [0, 0.1) is 10.8 Å². The minimum absolute atomic E-state index is 0.0190. The number of carbonyl (C=O) groups excluding carboxylic acids is 1. The molecule has 1 spiro atoms. The van der Waals surface area contributed by atoms with E-state index < -0.39 is 0 Å². The molecule has 3 nitrogen and oxygen atoms in total. The largest absolute Gasteiger partial charge is 0.394 e. The molecule has 1 saturated heterocycles. The number of carbonyl (C=O) groups is 1. The third kappa shape index (κ3) is 1.79. The van der Waals surface area contributed by atoms with Gasteiger partial charge in [0, 0.05) is 6.54 Å². The van der Waals surface area contributed by atoms with Gasteiger partial charge in [0.25, 0.3) is 0 Å². The van der Waals surface area contributed by atoms with E-state index in [1.807, 2.05) is 35.2 Å². The van der Waals surface area contributed by atoms with Gasteiger partial charge >= 0.3 is 0 Å². The van der Waals surface area contributed by atoms with E-state index in [9.17, 15) is 9.90 Å². The standard InChI is InChI=1S/C16H21NO2/c1-15(2)11-16(15)8-13(10-18)17(14(16)19)9-12-6-4-3-5-7-12/h3-7,13,18H,8-11H2,1-2H3/t13-,16-/m0/s1. The van der Waals surface area contributed by atoms with Gasteiger partial charge < -0.3 is 10.0 Å². The number of amides is 1. The first-order valence-corrected chi connectivity index (χ1v) is 6.96. The van der Waals surface area contributed by atoms with Crippen molar-refractivity contribution in [3.8, 4) is 0 Å². The normalized spacial score (nSPS) is 32.1. The summed E-state index contributed by atoms with van der Waals surface area (Å²) in [5.41, 5.74) is 1.03. The van der Waals surface area contributed by atoms with Gasteiger partial charge in [-0.25, -0.2) is 0 Å². The fourth-order valence-electron chi connectivity index (χ4n) is 3.61. The van der Waals surface area contributed by atoms with E-state index in [-0.39, 0.29) is 29.4 Å². The zero-order chi connectivity index (χ0) is 13.7. The number of hydrogen-bond donors (Lipinski definition) is 1. The summed E-state index contributed by atoms with van der Waals surface area (Å²) in [4.78, 5) is 14.6. The van der Waals surface area contributed by atoms with Crippen LogP contribution in [0.2, 0.25) is 0 Å². The van der Waals surface area contributed by atoms with Crippen LogP contribution in [0.15, 0.2) is 30.3 Å². The van der Waals surface area contributed by atoms with Gasteiger partial charge in [-0.2, -0.15) is 0 Å². The highest BCUT2D eigenvalue weighted by molar-refractivity contribution is 5.89. The maximum Gasteiger partial charge on any atom is 0.230 e. The molecular formula is C16H21NO2. The Kier molecular flexibility index (Phi) is 2.72. The fraction of sp³-hybridized carbons (Fsp3) is 0.562. The summed E-state index contributed by atoms with van der Waals surface area (Å²) in [5.74, 6) is 0.236. The summed E-state index contributed by atoms with van der Waals surface area (Å²) in [6, 6.07) is 10.00. The third-order valence-electron chi connectivity index (χ3n) is 5.02. The Hall–Kier alpha value is -1.35. The second-order valence-electron chi connectivity index (χ2n) is 6.60. The van der Waals surface area contributed by atoms with E-state index in [1.54, 1.807) is 0 Å². The van der Waals surface area contributed by atoms with Crippen molar-refractivity contribution in [1.82, 2.24) is 4.90 Å². The van der Waals surface area contributed by atoms with Gasteiger partial charge in [-0.3, -0.25) is 4.79 Å². The second-order valence-corrected chi connectivity index (χ2v) is 6.60. The molecule has 3 rings (SSSR count). The quantitative estimate of drug-likeness (QED) is 0.904. The Morgan fingerprint density at radius 2 is 1.95 bits per heavy atom. The molecule has 0 bridgehead atoms. The molecule has 102 valence electrons. The van der Waals surface area contributed by atoms with Gasteiger partial charge in [0.15, 0.2) is 0 Å². The van der Waals surface area contributed by atoms with Crippen molar-refractivity contribution < 1.29 is 9.90 Å². The highest BCUT2D eigenvalue weighted by Crippen LogP contribution is 2.69. The van der Waals surface area contributed by atoms with E-state index in [0.717, 1.165) is 18.4 Å². The van der Waals surface area contributed by atoms with Crippen LogP contribution in [0.5, 0.6) is 0 Å². The Morgan fingerprint density at radius 1 is 1.32 bits per heavy atom. The smallest absolute Gasteiger partial charge is 0.230 e. The van der Waals surface area contributed by atoms with Gasteiger partial charge in [0.2, 0.25) is 5.91 Å². The minimum Gasteiger partial charge on any atom is -0.394 e. The number of hydrogen-bond acceptors (Lipinski definition) is 2. The lowest BCUT2D eigenvalue weighted by molar-refractivity contribution is -0.135. The molecule has 3 heteroatoms. The maximum atomic E-state index is 12.7. The van der Waals surface area contributed by atoms with Gasteiger partial charge in [0.05, 0.1) is 18.1 Å². The Balaban J connectivity index is 1.83. The molecule has 0 unspecified atom stereocenters. The molecule has 1 N–H and O–H groups in total. The average molecular weight is 259 g/mol. The summed E-state index contributed by atoms with van der Waals surface area (Å²) in [5, 5.41) is 9.57. The Bertz CT molecular complexity index is 497. The van der Waals surface area contributed by atoms with Crippen LogP contribution in [-0.4, -0.2) is 28.6 Å². The van der Waals surface area contributed by atoms with Crippen molar-refractivity contribution in [3.05, 3.63) is 35.9 Å². The molecule has 1 aromatic carbocycles. The number of rotatable bonds is 3. The molecule has 19 heavy (non-hydrogen) atoms. The Morgan fingerprint density at radius 3 is 2.47 bits per heavy atom. The number of aliphatic hydroxyl groups excluding tert-OH is 1. The zero-order valence-corrected chi connectivity index (χ0v) is 11.6. The van der Waals surface area contributed by atoms with Crippen LogP contribution in [0.4, 0.5) is 0 Å². The van der Waals surface area contributed by atoms with E-state index >= 15 is 0 Å². The van der Waals surface area contributed by atoms with E-state index in [4.69, 9.17) is 0 Å². The molecule has 1 aliphatic heterocycles. The molecule has 1 saturated carbocycles. The average Bonchev–Trinajstić information content (AvgIpc) is 2.86. The van der Waals surface area contributed by atoms with Gasteiger partial charge in [-0.1, -0.05) is 44.2 Å². The van der Waals surface area contributed by atoms with Gasteiger partial charge in [-0.05, 0) is 23.8 Å². The van der Waals surface area contributed by atoms with Gasteiger partial charge in [-0.15, -0.1) is 0 Å². The minimum atomic E-state index is -0.199. The van der Waals surface area contributed by atoms with Crippen LogP contribution >= 0.6 is 0 Å². The maximum absolute atomic E-state index is 12.7. The highest BCUT2D eigenvalue weighted by atomic mass is 16.3. The summed E-state index contributed by atoms with van der Waals surface area (Å²) >= 11 is 0. The van der Waals surface area contributed by atoms with Crippen LogP contribution in [-0.2, 0) is 11.3 Å². The van der Waals surface area contributed by atoms with Crippen molar-refractivity contribution in [2.75, 3.05) is 6.61 Å². The number of benzene rings is 1. The number of likely N-dealkylation sites (tertiary alicyclic amines) is 1. The molecule has 1 aliphatic carbocycles. The molecule has 2 aliphatic rings. The van der Waals surface area contributed by atoms with E-state index in [1.165, 1.54) is 0 Å². The molecule has 2 atom stereocenters. The monoisotopic (exact) mass is 259 g/mol. The molecule has 1 amide bonds. The van der Waals surface area contributed by atoms with Crippen molar-refractivity contribution in [2.24, 2.45) is 10.8 Å². The highest BCUT2D eigenvalue weighted by Gasteiger charge is 2.71. The fourth-order valence-corrected chi connectivity index (χ4v) is 3.61. The van der Waals surface area contributed by atoms with Crippen LogP contribution in [0.25, 0.3) is 0 Å². The number of aliphatic hydroxyl groups is 1. The molecular weight excluding hydrogens is 238 g/mol. The first-order chi connectivity index (χ1) is 9.00. The molecule has 1 heterocycles. The molecule has 1 aromatic rings. The van der Waals surface area contributed by atoms with Crippen molar-refractivity contribution in [3.63, 3.8) is 0 Å². The zero-order valence-electron chi connectivity index (χ0n) is 11.6. The summed E-state index contributed by atoms with van der Waals surface area (Å²) < 4.78 is 0. The first kappa shape index (κ1) is 12.7. The van der Waals surface area contributed by atoms with Crippen LogP contribution in [0.1, 0.15) is 32.3 Å². The lowest BCUT2D eigenvalue weighted by Gasteiger charge is -2.23. The number of nitrogens with zero attached hydrogens (tertiary/aromatic N) is 1. The predicted octanol–water partition coefficient (Wildman–Crippen LogP) is 2.20. The van der Waals surface area contributed by atoms with Crippen molar-refractivity contribution in [2.45, 2.75) is 39.3 Å². The molecule has 0 aromatic heterocycles. The first-order valence-electron chi connectivity index (χ1n) is 6.96. The topological polar surface area (TPSA) is 40.5 Å². The molecule has 2 fully saturated rings. The lowest BCUT2D eigenvalue weighted by Crippen LogP contribution is -2.36. The van der Waals surface area contributed by atoms with Crippen molar-refractivity contribution >= 4 is 5.91 Å². The van der Waals surface area contributed by atoms with Crippen LogP contribution < -0.4 is 0 Å². The SMILES string of the molecule is CC1(C)C[C@]12C[C@@H](CO)N(Cc1ccccc1)C2=O. The summed E-state index contributed by atoms with van der Waals surface area (Å²) in [7, 11) is 0. The van der Waals surface area contributed by atoms with E-state index in [0.29, 0.717) is 6.54 Å².